The van der Waals surface area contributed by atoms with Crippen molar-refractivity contribution in [3.63, 3.8) is 0 Å². The molecule has 0 radical (unpaired) electrons. The molecular weight excluding hydrogens is 198 g/mol. The lowest BCUT2D eigenvalue weighted by Gasteiger charge is -1.97. The van der Waals surface area contributed by atoms with Crippen LogP contribution in [0.25, 0.3) is 11.3 Å². The normalized spacial score (nSPS) is 9.44. The van der Waals surface area contributed by atoms with E-state index in [-0.39, 0.29) is 0 Å². The van der Waals surface area contributed by atoms with Gasteiger partial charge in [0.2, 0.25) is 0 Å². The highest BCUT2D eigenvalue weighted by Gasteiger charge is 2.05. The Bertz CT molecular complexity index is 609. The number of aromatic amines is 1. The molecule has 1 N–H and O–H groups in total. The van der Waals surface area contributed by atoms with Gasteiger partial charge in [-0.15, -0.1) is 0 Å². The van der Waals surface area contributed by atoms with Crippen LogP contribution in [0.5, 0.6) is 0 Å². The molecular formula is C13H9N3. The zero-order chi connectivity index (χ0) is 11.5. The molecule has 1 heterocycles. The first kappa shape index (κ1) is 10.0. The summed E-state index contributed by atoms with van der Waals surface area (Å²) in [5.74, 6) is 0. The molecule has 0 aliphatic carbocycles. The van der Waals surface area contributed by atoms with Gasteiger partial charge in [-0.3, -0.25) is 0 Å². The number of hydrogen-bond acceptors (Lipinski definition) is 2. The van der Waals surface area contributed by atoms with Gasteiger partial charge in [0, 0.05) is 11.4 Å². The van der Waals surface area contributed by atoms with E-state index < -0.39 is 0 Å². The van der Waals surface area contributed by atoms with Gasteiger partial charge >= 0.3 is 0 Å². The van der Waals surface area contributed by atoms with Gasteiger partial charge < -0.3 is 4.98 Å². The number of aromatic nitrogens is 1. The van der Waals surface area contributed by atoms with Crippen molar-refractivity contribution in [2.75, 3.05) is 0 Å². The maximum atomic E-state index is 8.86. The second kappa shape index (κ2) is 3.92. The second-order valence-corrected chi connectivity index (χ2v) is 3.53. The van der Waals surface area contributed by atoms with Crippen molar-refractivity contribution in [3.05, 3.63) is 47.2 Å². The fraction of sp³-hybridized carbons (Fsp3) is 0.0769. The van der Waals surface area contributed by atoms with E-state index in [4.69, 9.17) is 10.5 Å². The highest BCUT2D eigenvalue weighted by molar-refractivity contribution is 5.64. The van der Waals surface area contributed by atoms with Crippen molar-refractivity contribution in [2.24, 2.45) is 0 Å². The number of nitrogens with zero attached hydrogens (tertiary/aromatic N) is 2. The summed E-state index contributed by atoms with van der Waals surface area (Å²) in [5.41, 5.74) is 3.88. The van der Waals surface area contributed by atoms with Gasteiger partial charge in [-0.2, -0.15) is 10.5 Å². The van der Waals surface area contributed by atoms with Crippen LogP contribution in [0, 0.1) is 29.6 Å². The van der Waals surface area contributed by atoms with Gasteiger partial charge in [-0.1, -0.05) is 12.1 Å². The number of rotatable bonds is 1. The van der Waals surface area contributed by atoms with Gasteiger partial charge in [-0.05, 0) is 30.7 Å². The van der Waals surface area contributed by atoms with Crippen LogP contribution in [0.1, 0.15) is 16.8 Å². The first-order chi connectivity index (χ1) is 7.74. The van der Waals surface area contributed by atoms with Crippen molar-refractivity contribution in [1.29, 1.82) is 10.5 Å². The minimum atomic E-state index is 0.614. The van der Waals surface area contributed by atoms with E-state index in [1.165, 1.54) is 0 Å². The Hall–Kier alpha value is -2.52. The van der Waals surface area contributed by atoms with Crippen molar-refractivity contribution in [1.82, 2.24) is 4.98 Å². The van der Waals surface area contributed by atoms with Gasteiger partial charge in [0.1, 0.15) is 6.07 Å². The Balaban J connectivity index is 2.52. The Morgan fingerprint density at radius 1 is 1.12 bits per heavy atom. The van der Waals surface area contributed by atoms with E-state index in [2.05, 4.69) is 17.1 Å². The Morgan fingerprint density at radius 2 is 1.94 bits per heavy atom. The molecule has 0 amide bonds. The zero-order valence-electron chi connectivity index (χ0n) is 8.78. The summed E-state index contributed by atoms with van der Waals surface area (Å²) in [5, 5.41) is 17.7. The van der Waals surface area contributed by atoms with Crippen LogP contribution in [-0.2, 0) is 0 Å². The second-order valence-electron chi connectivity index (χ2n) is 3.53. The molecule has 0 spiro atoms. The van der Waals surface area contributed by atoms with Crippen molar-refractivity contribution < 1.29 is 0 Å². The maximum Gasteiger partial charge on any atom is 0.101 e. The first-order valence-electron chi connectivity index (χ1n) is 4.85. The predicted molar refractivity (Wildman–Crippen MR) is 60.4 cm³/mol. The minimum Gasteiger partial charge on any atom is -0.358 e. The topological polar surface area (TPSA) is 63.4 Å². The van der Waals surface area contributed by atoms with Crippen LogP contribution >= 0.6 is 0 Å². The maximum absolute atomic E-state index is 8.86. The van der Waals surface area contributed by atoms with Gasteiger partial charge in [-0.25, -0.2) is 0 Å². The average Bonchev–Trinajstić information content (AvgIpc) is 2.71. The lowest BCUT2D eigenvalue weighted by molar-refractivity contribution is 1.25. The minimum absolute atomic E-state index is 0.614. The third-order valence-corrected chi connectivity index (χ3v) is 2.44. The fourth-order valence-electron chi connectivity index (χ4n) is 1.59. The highest BCUT2D eigenvalue weighted by atomic mass is 14.7. The summed E-state index contributed by atoms with van der Waals surface area (Å²) in [6.07, 6.45) is 0. The molecule has 0 saturated heterocycles. The number of hydrogen-bond donors (Lipinski definition) is 1. The van der Waals surface area contributed by atoms with Crippen LogP contribution in [-0.4, -0.2) is 4.98 Å². The number of nitriles is 2. The van der Waals surface area contributed by atoms with E-state index in [1.807, 2.05) is 19.1 Å². The van der Waals surface area contributed by atoms with E-state index >= 15 is 0 Å². The monoisotopic (exact) mass is 207 g/mol. The van der Waals surface area contributed by atoms with E-state index in [1.54, 1.807) is 18.2 Å². The lowest BCUT2D eigenvalue weighted by atomic mass is 10.1. The van der Waals surface area contributed by atoms with Crippen LogP contribution < -0.4 is 0 Å². The van der Waals surface area contributed by atoms with Crippen molar-refractivity contribution in [2.45, 2.75) is 6.92 Å². The van der Waals surface area contributed by atoms with Crippen LogP contribution in [0.3, 0.4) is 0 Å². The van der Waals surface area contributed by atoms with Crippen LogP contribution in [0.15, 0.2) is 30.3 Å². The number of H-pyrrole nitrogens is 1. The molecule has 2 rings (SSSR count). The standard InChI is InChI=1S/C13H9N3/c1-9-12(8-15)6-13(16-9)11-4-2-3-10(5-11)7-14/h2-6,16H,1H3. The molecule has 1 aromatic heterocycles. The molecule has 0 unspecified atom stereocenters. The summed E-state index contributed by atoms with van der Waals surface area (Å²) in [4.78, 5) is 3.13. The van der Waals surface area contributed by atoms with Gasteiger partial charge in [0.05, 0.1) is 17.2 Å². The average molecular weight is 207 g/mol. The molecule has 0 aliphatic heterocycles. The molecule has 2 aromatic rings. The zero-order valence-corrected chi connectivity index (χ0v) is 8.78. The van der Waals surface area contributed by atoms with Gasteiger partial charge in [0.15, 0.2) is 0 Å². The Morgan fingerprint density at radius 3 is 2.56 bits per heavy atom. The lowest BCUT2D eigenvalue weighted by Crippen LogP contribution is -1.80. The largest absolute Gasteiger partial charge is 0.358 e. The molecule has 3 nitrogen and oxygen atoms in total. The molecule has 0 bridgehead atoms. The molecule has 16 heavy (non-hydrogen) atoms. The van der Waals surface area contributed by atoms with Crippen molar-refractivity contribution in [3.8, 4) is 23.4 Å². The SMILES string of the molecule is Cc1[nH]c(-c2cccc(C#N)c2)cc1C#N. The molecule has 3 heteroatoms. The number of aryl methyl sites for hydroxylation is 1. The van der Waals surface area contributed by atoms with Crippen LogP contribution in [0.4, 0.5) is 0 Å². The van der Waals surface area contributed by atoms with E-state index in [0.29, 0.717) is 11.1 Å². The summed E-state index contributed by atoms with van der Waals surface area (Å²) in [6, 6.07) is 13.3. The Labute approximate surface area is 93.6 Å². The highest BCUT2D eigenvalue weighted by Crippen LogP contribution is 2.21. The van der Waals surface area contributed by atoms with E-state index in [9.17, 15) is 0 Å². The van der Waals surface area contributed by atoms with Crippen molar-refractivity contribution >= 4 is 0 Å². The van der Waals surface area contributed by atoms with Gasteiger partial charge in [0.25, 0.3) is 0 Å². The molecule has 1 aromatic carbocycles. The van der Waals surface area contributed by atoms with Crippen LogP contribution in [0.2, 0.25) is 0 Å². The molecule has 76 valence electrons. The molecule has 0 fully saturated rings. The fourth-order valence-corrected chi connectivity index (χ4v) is 1.59. The quantitative estimate of drug-likeness (QED) is 0.781. The summed E-state index contributed by atoms with van der Waals surface area (Å²) >= 11 is 0. The predicted octanol–water partition coefficient (Wildman–Crippen LogP) is 2.73. The number of benzene rings is 1. The smallest absolute Gasteiger partial charge is 0.101 e. The summed E-state index contributed by atoms with van der Waals surface area (Å²) < 4.78 is 0. The first-order valence-corrected chi connectivity index (χ1v) is 4.85. The molecule has 0 saturated carbocycles. The van der Waals surface area contributed by atoms with E-state index in [0.717, 1.165) is 17.0 Å². The summed E-state index contributed by atoms with van der Waals surface area (Å²) in [7, 11) is 0. The summed E-state index contributed by atoms with van der Waals surface area (Å²) in [6.45, 7) is 1.86. The molecule has 0 aliphatic rings. The third kappa shape index (κ3) is 1.67. The molecule has 0 atom stereocenters. The number of nitrogens with one attached hydrogen (secondary N) is 1. The Kier molecular flexibility index (Phi) is 2.45. The third-order valence-electron chi connectivity index (χ3n) is 2.44.